The van der Waals surface area contributed by atoms with Crippen LogP contribution in [0.5, 0.6) is 0 Å². The Kier molecular flexibility index (Phi) is 4.40. The summed E-state index contributed by atoms with van der Waals surface area (Å²) in [4.78, 5) is 11.9. The van der Waals surface area contributed by atoms with Gasteiger partial charge in [-0.2, -0.15) is 0 Å². The third kappa shape index (κ3) is 3.04. The molecule has 0 aliphatic carbocycles. The van der Waals surface area contributed by atoms with E-state index in [1.54, 1.807) is 13.8 Å². The number of carbonyl (C=O) groups excluding carboxylic acids is 1. The highest BCUT2D eigenvalue weighted by Gasteiger charge is 2.25. The third-order valence-corrected chi connectivity index (χ3v) is 3.04. The van der Waals surface area contributed by atoms with Crippen LogP contribution in [0.3, 0.4) is 0 Å². The molecule has 0 aliphatic rings. The molecule has 0 saturated carbocycles. The Hall–Kier alpha value is -1.49. The number of hydrogen-bond acceptors (Lipinski definition) is 2. The van der Waals surface area contributed by atoms with Gasteiger partial charge >= 0.3 is 0 Å². The van der Waals surface area contributed by atoms with E-state index in [0.717, 1.165) is 6.07 Å². The minimum atomic E-state index is -0.910. The Balaban J connectivity index is 3.01. The highest BCUT2D eigenvalue weighted by Crippen LogP contribution is 2.16. The SMILES string of the molecule is CCC(C)(CO)NC(=O)c1cc(C)c(F)cc1F. The minimum Gasteiger partial charge on any atom is -0.394 e. The van der Waals surface area contributed by atoms with E-state index in [1.165, 1.54) is 6.92 Å². The zero-order valence-corrected chi connectivity index (χ0v) is 10.7. The second-order valence-electron chi connectivity index (χ2n) is 4.61. The number of carbonyl (C=O) groups is 1. The lowest BCUT2D eigenvalue weighted by Gasteiger charge is -2.27. The zero-order chi connectivity index (χ0) is 13.9. The first-order valence-electron chi connectivity index (χ1n) is 5.72. The van der Waals surface area contributed by atoms with Crippen LogP contribution in [0.25, 0.3) is 0 Å². The molecule has 1 aromatic carbocycles. The molecule has 3 nitrogen and oxygen atoms in total. The van der Waals surface area contributed by atoms with Gasteiger partial charge in [0.1, 0.15) is 11.6 Å². The van der Waals surface area contributed by atoms with Gasteiger partial charge in [0, 0.05) is 6.07 Å². The minimum absolute atomic E-state index is 0.198. The van der Waals surface area contributed by atoms with Gasteiger partial charge in [-0.05, 0) is 31.9 Å². The first-order valence-corrected chi connectivity index (χ1v) is 5.72. The number of benzene rings is 1. The normalized spacial score (nSPS) is 14.1. The van der Waals surface area contributed by atoms with Crippen LogP contribution in [0.2, 0.25) is 0 Å². The van der Waals surface area contributed by atoms with Gasteiger partial charge in [-0.1, -0.05) is 6.92 Å². The number of nitrogens with one attached hydrogen (secondary N) is 1. The first kappa shape index (κ1) is 14.6. The summed E-state index contributed by atoms with van der Waals surface area (Å²) in [6, 6.07) is 1.85. The molecule has 0 radical (unpaired) electrons. The molecule has 5 heteroatoms. The van der Waals surface area contributed by atoms with E-state index >= 15 is 0 Å². The van der Waals surface area contributed by atoms with Crippen LogP contribution in [0.4, 0.5) is 8.78 Å². The highest BCUT2D eigenvalue weighted by atomic mass is 19.1. The van der Waals surface area contributed by atoms with Crippen molar-refractivity contribution < 1.29 is 18.7 Å². The van der Waals surface area contributed by atoms with Gasteiger partial charge in [-0.3, -0.25) is 4.79 Å². The maximum Gasteiger partial charge on any atom is 0.254 e. The average Bonchev–Trinajstić information content (AvgIpc) is 2.33. The topological polar surface area (TPSA) is 49.3 Å². The van der Waals surface area contributed by atoms with Crippen LogP contribution < -0.4 is 5.32 Å². The molecule has 18 heavy (non-hydrogen) atoms. The second-order valence-corrected chi connectivity index (χ2v) is 4.61. The van der Waals surface area contributed by atoms with Crippen LogP contribution in [0.1, 0.15) is 36.2 Å². The third-order valence-electron chi connectivity index (χ3n) is 3.04. The lowest BCUT2D eigenvalue weighted by atomic mass is 9.99. The number of aliphatic hydroxyl groups excluding tert-OH is 1. The molecule has 0 aliphatic heterocycles. The fourth-order valence-electron chi connectivity index (χ4n) is 1.41. The van der Waals surface area contributed by atoms with Crippen molar-refractivity contribution in [1.29, 1.82) is 0 Å². The van der Waals surface area contributed by atoms with Crippen LogP contribution in [-0.2, 0) is 0 Å². The summed E-state index contributed by atoms with van der Waals surface area (Å²) in [5.74, 6) is -2.26. The lowest BCUT2D eigenvalue weighted by Crippen LogP contribution is -2.48. The van der Waals surface area contributed by atoms with Gasteiger partial charge in [0.25, 0.3) is 5.91 Å². The Morgan fingerprint density at radius 3 is 2.50 bits per heavy atom. The number of rotatable bonds is 4. The van der Waals surface area contributed by atoms with Crippen molar-refractivity contribution in [2.45, 2.75) is 32.7 Å². The number of hydrogen-bond donors (Lipinski definition) is 2. The molecule has 0 saturated heterocycles. The van der Waals surface area contributed by atoms with Crippen molar-refractivity contribution in [3.05, 3.63) is 34.9 Å². The smallest absolute Gasteiger partial charge is 0.254 e. The standard InChI is InChI=1S/C13H17F2NO2/c1-4-13(3,7-17)16-12(18)9-5-8(2)10(14)6-11(9)15/h5-6,17H,4,7H2,1-3H3,(H,16,18). The maximum absolute atomic E-state index is 13.5. The van der Waals surface area contributed by atoms with E-state index in [-0.39, 0.29) is 17.7 Å². The average molecular weight is 257 g/mol. The van der Waals surface area contributed by atoms with Crippen molar-refractivity contribution >= 4 is 5.91 Å². The summed E-state index contributed by atoms with van der Waals surface area (Å²) < 4.78 is 26.6. The van der Waals surface area contributed by atoms with E-state index in [4.69, 9.17) is 0 Å². The number of aliphatic hydroxyl groups is 1. The van der Waals surface area contributed by atoms with Crippen LogP contribution >= 0.6 is 0 Å². The van der Waals surface area contributed by atoms with Gasteiger partial charge in [0.05, 0.1) is 17.7 Å². The summed E-state index contributed by atoms with van der Waals surface area (Å²) in [6.45, 7) is 4.65. The van der Waals surface area contributed by atoms with Gasteiger partial charge < -0.3 is 10.4 Å². The fraction of sp³-hybridized carbons (Fsp3) is 0.462. The Labute approximate surface area is 105 Å². The molecule has 0 aromatic heterocycles. The first-order chi connectivity index (χ1) is 8.33. The zero-order valence-electron chi connectivity index (χ0n) is 10.7. The molecule has 100 valence electrons. The lowest BCUT2D eigenvalue weighted by molar-refractivity contribution is 0.0843. The molecule has 0 spiro atoms. The Morgan fingerprint density at radius 2 is 2.00 bits per heavy atom. The molecular formula is C13H17F2NO2. The monoisotopic (exact) mass is 257 g/mol. The van der Waals surface area contributed by atoms with Crippen molar-refractivity contribution in [3.63, 3.8) is 0 Å². The van der Waals surface area contributed by atoms with Crippen LogP contribution in [-0.4, -0.2) is 23.2 Å². The van der Waals surface area contributed by atoms with Gasteiger partial charge in [0.15, 0.2) is 0 Å². The number of aryl methyl sites for hydroxylation is 1. The van der Waals surface area contributed by atoms with Crippen molar-refractivity contribution in [2.24, 2.45) is 0 Å². The fourth-order valence-corrected chi connectivity index (χ4v) is 1.41. The van der Waals surface area contributed by atoms with Gasteiger partial charge in [-0.25, -0.2) is 8.78 Å². The molecule has 0 fully saturated rings. The largest absolute Gasteiger partial charge is 0.394 e. The summed E-state index contributed by atoms with van der Waals surface area (Å²) in [5, 5.41) is 11.7. The molecule has 1 atom stereocenters. The predicted octanol–water partition coefficient (Wildman–Crippen LogP) is 2.16. The molecule has 1 aromatic rings. The molecule has 0 heterocycles. The molecule has 1 unspecified atom stereocenters. The molecule has 0 bridgehead atoms. The highest BCUT2D eigenvalue weighted by molar-refractivity contribution is 5.95. The number of halogens is 2. The van der Waals surface area contributed by atoms with E-state index in [2.05, 4.69) is 5.32 Å². The predicted molar refractivity (Wildman–Crippen MR) is 64.3 cm³/mol. The van der Waals surface area contributed by atoms with E-state index in [0.29, 0.717) is 12.5 Å². The molecule has 1 rings (SSSR count). The van der Waals surface area contributed by atoms with Gasteiger partial charge in [-0.15, -0.1) is 0 Å². The Morgan fingerprint density at radius 1 is 1.39 bits per heavy atom. The van der Waals surface area contributed by atoms with E-state index < -0.39 is 23.1 Å². The van der Waals surface area contributed by atoms with Gasteiger partial charge in [0.2, 0.25) is 0 Å². The quantitative estimate of drug-likeness (QED) is 0.868. The summed E-state index contributed by atoms with van der Waals surface area (Å²) in [6.07, 6.45) is 0.497. The Bertz CT molecular complexity index is 457. The number of amides is 1. The van der Waals surface area contributed by atoms with E-state index in [1.807, 2.05) is 0 Å². The van der Waals surface area contributed by atoms with Crippen molar-refractivity contribution in [2.75, 3.05) is 6.61 Å². The van der Waals surface area contributed by atoms with Crippen molar-refractivity contribution in [3.8, 4) is 0 Å². The summed E-state index contributed by atoms with van der Waals surface area (Å²) >= 11 is 0. The second kappa shape index (κ2) is 5.44. The van der Waals surface area contributed by atoms with Crippen LogP contribution in [0, 0.1) is 18.6 Å². The molecule has 2 N–H and O–H groups in total. The summed E-state index contributed by atoms with van der Waals surface area (Å²) in [5.41, 5.74) is -0.836. The maximum atomic E-state index is 13.5. The van der Waals surface area contributed by atoms with Crippen molar-refractivity contribution in [1.82, 2.24) is 5.32 Å². The van der Waals surface area contributed by atoms with Crippen LogP contribution in [0.15, 0.2) is 12.1 Å². The molecule has 1 amide bonds. The van der Waals surface area contributed by atoms with E-state index in [9.17, 15) is 18.7 Å². The summed E-state index contributed by atoms with van der Waals surface area (Å²) in [7, 11) is 0. The molecular weight excluding hydrogens is 240 g/mol.